The lowest BCUT2D eigenvalue weighted by Gasteiger charge is -2.16. The molecule has 18 heavy (non-hydrogen) atoms. The van der Waals surface area contributed by atoms with Gasteiger partial charge in [0.25, 0.3) is 5.91 Å². The van der Waals surface area contributed by atoms with Gasteiger partial charge in [-0.3, -0.25) is 4.79 Å². The zero-order valence-corrected chi connectivity index (χ0v) is 12.0. The fraction of sp³-hybridized carbons (Fsp3) is 0.167. The van der Waals surface area contributed by atoms with Crippen molar-refractivity contribution in [3.05, 3.63) is 50.6 Å². The molecule has 1 aromatic carbocycles. The Kier molecular flexibility index (Phi) is 4.08. The Morgan fingerprint density at radius 3 is 2.94 bits per heavy atom. The molecule has 0 N–H and O–H groups in total. The van der Waals surface area contributed by atoms with Gasteiger partial charge in [-0.25, -0.2) is 9.37 Å². The van der Waals surface area contributed by atoms with Crippen LogP contribution in [-0.4, -0.2) is 22.8 Å². The Balaban J connectivity index is 2.12. The Hall–Kier alpha value is -1.27. The number of carbonyl (C=O) groups excluding carboxylic acids is 1. The smallest absolute Gasteiger partial charge is 0.254 e. The standard InChI is InChI=1S/C12H10BrFN2OS/c1-16(5-9-6-18-7-15-9)12(17)8-2-3-10(13)11(14)4-8/h2-4,6-7H,5H2,1H3. The third-order valence-electron chi connectivity index (χ3n) is 2.40. The summed E-state index contributed by atoms with van der Waals surface area (Å²) in [6.07, 6.45) is 0. The lowest BCUT2D eigenvalue weighted by atomic mass is 10.2. The highest BCUT2D eigenvalue weighted by atomic mass is 79.9. The van der Waals surface area contributed by atoms with E-state index in [-0.39, 0.29) is 5.91 Å². The number of hydrogen-bond acceptors (Lipinski definition) is 3. The fourth-order valence-electron chi connectivity index (χ4n) is 1.48. The van der Waals surface area contributed by atoms with Gasteiger partial charge in [0.05, 0.1) is 22.2 Å². The van der Waals surface area contributed by atoms with Crippen molar-refractivity contribution in [3.63, 3.8) is 0 Å². The highest BCUT2D eigenvalue weighted by Crippen LogP contribution is 2.17. The van der Waals surface area contributed by atoms with Crippen LogP contribution in [0.1, 0.15) is 16.1 Å². The summed E-state index contributed by atoms with van der Waals surface area (Å²) >= 11 is 4.53. The van der Waals surface area contributed by atoms with E-state index in [0.29, 0.717) is 16.6 Å². The Bertz CT molecular complexity index is 559. The van der Waals surface area contributed by atoms with E-state index in [1.165, 1.54) is 28.4 Å². The van der Waals surface area contributed by atoms with Gasteiger partial charge in [0.2, 0.25) is 0 Å². The number of halogens is 2. The molecule has 0 saturated heterocycles. The number of amides is 1. The minimum atomic E-state index is -0.442. The van der Waals surface area contributed by atoms with Crippen molar-refractivity contribution in [2.24, 2.45) is 0 Å². The van der Waals surface area contributed by atoms with Gasteiger partial charge < -0.3 is 4.90 Å². The van der Waals surface area contributed by atoms with E-state index in [4.69, 9.17) is 0 Å². The summed E-state index contributed by atoms with van der Waals surface area (Å²) in [4.78, 5) is 17.7. The molecule has 0 unspecified atom stereocenters. The Labute approximate surface area is 116 Å². The predicted molar refractivity (Wildman–Crippen MR) is 72.0 cm³/mol. The lowest BCUT2D eigenvalue weighted by Crippen LogP contribution is -2.26. The molecule has 0 saturated carbocycles. The molecule has 6 heteroatoms. The summed E-state index contributed by atoms with van der Waals surface area (Å²) in [6, 6.07) is 4.34. The minimum absolute atomic E-state index is 0.227. The van der Waals surface area contributed by atoms with E-state index >= 15 is 0 Å². The van der Waals surface area contributed by atoms with Crippen molar-refractivity contribution in [3.8, 4) is 0 Å². The molecular formula is C12H10BrFN2OS. The van der Waals surface area contributed by atoms with Gasteiger partial charge in [0.1, 0.15) is 5.82 Å². The van der Waals surface area contributed by atoms with Gasteiger partial charge in [0, 0.05) is 18.0 Å². The minimum Gasteiger partial charge on any atom is -0.336 e. The first-order chi connectivity index (χ1) is 8.58. The summed E-state index contributed by atoms with van der Waals surface area (Å²) in [5, 5.41) is 1.88. The van der Waals surface area contributed by atoms with Gasteiger partial charge in [-0.1, -0.05) is 0 Å². The van der Waals surface area contributed by atoms with Crippen LogP contribution in [0.25, 0.3) is 0 Å². The zero-order chi connectivity index (χ0) is 13.1. The molecule has 94 valence electrons. The van der Waals surface area contributed by atoms with Crippen LogP contribution in [0, 0.1) is 5.82 Å². The Morgan fingerprint density at radius 1 is 1.56 bits per heavy atom. The lowest BCUT2D eigenvalue weighted by molar-refractivity contribution is 0.0783. The largest absolute Gasteiger partial charge is 0.336 e. The van der Waals surface area contributed by atoms with E-state index in [2.05, 4.69) is 20.9 Å². The summed E-state index contributed by atoms with van der Waals surface area (Å²) in [6.45, 7) is 0.417. The highest BCUT2D eigenvalue weighted by molar-refractivity contribution is 9.10. The number of rotatable bonds is 3. The van der Waals surface area contributed by atoms with Crippen LogP contribution in [0.3, 0.4) is 0 Å². The van der Waals surface area contributed by atoms with Gasteiger partial charge in [-0.2, -0.15) is 0 Å². The molecule has 0 atom stereocenters. The number of carbonyl (C=O) groups is 1. The van der Waals surface area contributed by atoms with Gasteiger partial charge >= 0.3 is 0 Å². The summed E-state index contributed by atoms with van der Waals surface area (Å²) in [5.74, 6) is -0.669. The normalized spacial score (nSPS) is 10.4. The molecule has 1 amide bonds. The second kappa shape index (κ2) is 5.58. The molecule has 2 aromatic rings. The first-order valence-electron chi connectivity index (χ1n) is 5.15. The van der Waals surface area contributed by atoms with Crippen molar-refractivity contribution in [1.82, 2.24) is 9.88 Å². The molecule has 0 aliphatic carbocycles. The second-order valence-corrected chi connectivity index (χ2v) is 5.34. The number of thiazole rings is 1. The molecule has 2 rings (SSSR count). The van der Waals surface area contributed by atoms with E-state index in [1.807, 2.05) is 5.38 Å². The summed E-state index contributed by atoms with van der Waals surface area (Å²) in [7, 11) is 1.67. The maximum absolute atomic E-state index is 13.4. The molecule has 0 aliphatic heterocycles. The average molecular weight is 329 g/mol. The molecule has 0 spiro atoms. The van der Waals surface area contributed by atoms with E-state index in [9.17, 15) is 9.18 Å². The van der Waals surface area contributed by atoms with Crippen LogP contribution in [0.15, 0.2) is 33.6 Å². The molecule has 0 radical (unpaired) electrons. The maximum Gasteiger partial charge on any atom is 0.254 e. The van der Waals surface area contributed by atoms with Crippen LogP contribution in [0.2, 0.25) is 0 Å². The van der Waals surface area contributed by atoms with E-state index in [0.717, 1.165) is 5.69 Å². The Morgan fingerprint density at radius 2 is 2.33 bits per heavy atom. The molecule has 0 bridgehead atoms. The molecular weight excluding hydrogens is 319 g/mol. The number of aromatic nitrogens is 1. The summed E-state index contributed by atoms with van der Waals surface area (Å²) in [5.41, 5.74) is 2.87. The quantitative estimate of drug-likeness (QED) is 0.865. The van der Waals surface area contributed by atoms with Crippen molar-refractivity contribution in [2.45, 2.75) is 6.54 Å². The second-order valence-electron chi connectivity index (χ2n) is 3.77. The third-order valence-corrected chi connectivity index (χ3v) is 3.67. The summed E-state index contributed by atoms with van der Waals surface area (Å²) < 4.78 is 13.7. The predicted octanol–water partition coefficient (Wildman–Crippen LogP) is 3.32. The number of hydrogen-bond donors (Lipinski definition) is 0. The first-order valence-corrected chi connectivity index (χ1v) is 6.89. The number of benzene rings is 1. The zero-order valence-electron chi connectivity index (χ0n) is 9.56. The van der Waals surface area contributed by atoms with Crippen molar-refractivity contribution >= 4 is 33.2 Å². The van der Waals surface area contributed by atoms with Crippen LogP contribution in [-0.2, 0) is 6.54 Å². The van der Waals surface area contributed by atoms with Gasteiger partial charge in [0.15, 0.2) is 0 Å². The molecule has 1 aromatic heterocycles. The topological polar surface area (TPSA) is 33.2 Å². The third kappa shape index (κ3) is 2.94. The van der Waals surface area contributed by atoms with Crippen LogP contribution < -0.4 is 0 Å². The average Bonchev–Trinajstić information content (AvgIpc) is 2.84. The van der Waals surface area contributed by atoms with Crippen LogP contribution in [0.5, 0.6) is 0 Å². The van der Waals surface area contributed by atoms with Crippen molar-refractivity contribution in [1.29, 1.82) is 0 Å². The van der Waals surface area contributed by atoms with Gasteiger partial charge in [-0.15, -0.1) is 11.3 Å². The van der Waals surface area contributed by atoms with E-state index in [1.54, 1.807) is 18.6 Å². The van der Waals surface area contributed by atoms with E-state index < -0.39 is 5.82 Å². The molecule has 1 heterocycles. The molecule has 3 nitrogen and oxygen atoms in total. The van der Waals surface area contributed by atoms with Crippen LogP contribution >= 0.6 is 27.3 Å². The van der Waals surface area contributed by atoms with Crippen LogP contribution in [0.4, 0.5) is 4.39 Å². The van der Waals surface area contributed by atoms with Crippen molar-refractivity contribution < 1.29 is 9.18 Å². The monoisotopic (exact) mass is 328 g/mol. The fourth-order valence-corrected chi connectivity index (χ4v) is 2.28. The highest BCUT2D eigenvalue weighted by Gasteiger charge is 2.14. The molecule has 0 fully saturated rings. The maximum atomic E-state index is 13.4. The SMILES string of the molecule is CN(Cc1cscn1)C(=O)c1ccc(Br)c(F)c1. The first kappa shape index (κ1) is 13.2. The van der Waals surface area contributed by atoms with Crippen molar-refractivity contribution in [2.75, 3.05) is 7.05 Å². The number of nitrogens with zero attached hydrogens (tertiary/aromatic N) is 2. The van der Waals surface area contributed by atoms with Gasteiger partial charge in [-0.05, 0) is 34.1 Å². The molecule has 0 aliphatic rings.